The summed E-state index contributed by atoms with van der Waals surface area (Å²) in [6.07, 6.45) is 0. The van der Waals surface area contributed by atoms with Crippen molar-refractivity contribution in [3.63, 3.8) is 0 Å². The topological polar surface area (TPSA) is 69.7 Å². The molecule has 2 saturated heterocycles. The van der Waals surface area contributed by atoms with E-state index in [2.05, 4.69) is 5.32 Å². The number of hydrogen-bond acceptors (Lipinski definition) is 4. The fraction of sp³-hybridized carbons (Fsp3) is 0.250. The molecule has 28 heavy (non-hydrogen) atoms. The van der Waals surface area contributed by atoms with E-state index in [0.29, 0.717) is 23.7 Å². The maximum atomic E-state index is 13.7. The predicted molar refractivity (Wildman–Crippen MR) is 104 cm³/mol. The Bertz CT molecular complexity index is 935. The summed E-state index contributed by atoms with van der Waals surface area (Å²) in [5.41, 5.74) is 1.32. The molecule has 2 aromatic carbocycles. The Hall–Kier alpha value is -2.87. The second-order valence-corrected chi connectivity index (χ2v) is 7.70. The molecule has 0 bridgehead atoms. The first-order chi connectivity index (χ1) is 13.5. The molecule has 2 aliphatic rings. The zero-order valence-corrected chi connectivity index (χ0v) is 15.7. The van der Waals surface area contributed by atoms with E-state index in [1.807, 2.05) is 0 Å². The van der Waals surface area contributed by atoms with Crippen molar-refractivity contribution >= 4 is 35.2 Å². The highest BCUT2D eigenvalue weighted by Crippen LogP contribution is 2.26. The number of hydrogen-bond donors (Lipinski definition) is 1. The van der Waals surface area contributed by atoms with E-state index in [9.17, 15) is 18.8 Å². The number of nitrogens with zero attached hydrogens (tertiary/aromatic N) is 2. The number of rotatable bonds is 4. The quantitative estimate of drug-likeness (QED) is 0.857. The Morgan fingerprint density at radius 2 is 1.89 bits per heavy atom. The molecule has 6 nitrogen and oxygen atoms in total. The van der Waals surface area contributed by atoms with Crippen LogP contribution in [0.3, 0.4) is 0 Å². The average Bonchev–Trinajstić information content (AvgIpc) is 3.19. The predicted octanol–water partition coefficient (Wildman–Crippen LogP) is 2.32. The molecule has 1 atom stereocenters. The number of para-hydroxylation sites is 1. The number of piperazine rings is 1. The molecular formula is C20H18FN3O3S. The summed E-state index contributed by atoms with van der Waals surface area (Å²) in [7, 11) is 0. The summed E-state index contributed by atoms with van der Waals surface area (Å²) in [6, 6.07) is 12.3. The van der Waals surface area contributed by atoms with Gasteiger partial charge >= 0.3 is 0 Å². The first kappa shape index (κ1) is 18.5. The van der Waals surface area contributed by atoms with E-state index in [1.165, 1.54) is 12.1 Å². The van der Waals surface area contributed by atoms with Gasteiger partial charge in [0, 0.05) is 17.9 Å². The smallest absolute Gasteiger partial charge is 0.255 e. The molecule has 0 aliphatic carbocycles. The number of carbonyl (C=O) groups is 3. The standard InChI is InChI=1S/C20H18FN3O3S/c21-15-3-1-2-4-16(15)22-19(26)14-7-5-13(6-8-14)9-23-10-18(25)24-12-28-11-17(24)20(23)27/h1-8,17H,9-12H2,(H,22,26). The summed E-state index contributed by atoms with van der Waals surface area (Å²) >= 11 is 1.59. The Labute approximate surface area is 165 Å². The summed E-state index contributed by atoms with van der Waals surface area (Å²) in [4.78, 5) is 40.3. The highest BCUT2D eigenvalue weighted by Gasteiger charge is 2.42. The van der Waals surface area contributed by atoms with Gasteiger partial charge in [-0.25, -0.2) is 4.39 Å². The molecule has 3 amide bonds. The molecule has 1 unspecified atom stereocenters. The minimum atomic E-state index is -0.500. The molecule has 0 saturated carbocycles. The summed E-state index contributed by atoms with van der Waals surface area (Å²) in [5.74, 6) is 0.228. The SMILES string of the molecule is O=C(Nc1ccccc1F)c1ccc(CN2CC(=O)N3CSCC3C2=O)cc1. The van der Waals surface area contributed by atoms with E-state index in [-0.39, 0.29) is 30.1 Å². The Morgan fingerprint density at radius 1 is 1.14 bits per heavy atom. The van der Waals surface area contributed by atoms with Gasteiger partial charge in [-0.05, 0) is 29.8 Å². The van der Waals surface area contributed by atoms with Crippen LogP contribution in [0.5, 0.6) is 0 Å². The summed E-state index contributed by atoms with van der Waals surface area (Å²) in [5, 5.41) is 2.53. The van der Waals surface area contributed by atoms with Crippen LogP contribution in [-0.4, -0.2) is 51.7 Å². The number of fused-ring (bicyclic) bond motifs is 1. The molecular weight excluding hydrogens is 381 g/mol. The minimum absolute atomic E-state index is 0.0320. The van der Waals surface area contributed by atoms with Crippen LogP contribution in [0, 0.1) is 5.82 Å². The summed E-state index contributed by atoms with van der Waals surface area (Å²) in [6.45, 7) is 0.389. The number of halogens is 1. The molecule has 0 aromatic heterocycles. The van der Waals surface area contributed by atoms with Gasteiger partial charge in [0.2, 0.25) is 11.8 Å². The van der Waals surface area contributed by atoms with Crippen LogP contribution in [0.1, 0.15) is 15.9 Å². The number of amides is 3. The van der Waals surface area contributed by atoms with Crippen molar-refractivity contribution in [2.24, 2.45) is 0 Å². The number of nitrogens with one attached hydrogen (secondary N) is 1. The highest BCUT2D eigenvalue weighted by molar-refractivity contribution is 7.99. The zero-order chi connectivity index (χ0) is 19.7. The first-order valence-electron chi connectivity index (χ1n) is 8.84. The van der Waals surface area contributed by atoms with Gasteiger partial charge < -0.3 is 15.1 Å². The van der Waals surface area contributed by atoms with Crippen molar-refractivity contribution in [1.82, 2.24) is 9.80 Å². The molecule has 2 aliphatic heterocycles. The lowest BCUT2D eigenvalue weighted by molar-refractivity contribution is -0.153. The van der Waals surface area contributed by atoms with Gasteiger partial charge in [0.15, 0.2) is 0 Å². The maximum absolute atomic E-state index is 13.7. The van der Waals surface area contributed by atoms with Crippen LogP contribution in [0.4, 0.5) is 10.1 Å². The van der Waals surface area contributed by atoms with Crippen molar-refractivity contribution in [3.8, 4) is 0 Å². The molecule has 2 fully saturated rings. The monoisotopic (exact) mass is 399 g/mol. The molecule has 2 heterocycles. The van der Waals surface area contributed by atoms with Crippen LogP contribution in [0.25, 0.3) is 0 Å². The van der Waals surface area contributed by atoms with Gasteiger partial charge in [0.1, 0.15) is 18.4 Å². The van der Waals surface area contributed by atoms with Crippen molar-refractivity contribution < 1.29 is 18.8 Å². The van der Waals surface area contributed by atoms with E-state index in [0.717, 1.165) is 5.56 Å². The Balaban J connectivity index is 1.42. The van der Waals surface area contributed by atoms with Gasteiger partial charge in [0.25, 0.3) is 5.91 Å². The highest BCUT2D eigenvalue weighted by atomic mass is 32.2. The third-order valence-corrected chi connectivity index (χ3v) is 5.85. The van der Waals surface area contributed by atoms with Crippen molar-refractivity contribution in [2.75, 3.05) is 23.5 Å². The zero-order valence-electron chi connectivity index (χ0n) is 14.9. The third kappa shape index (κ3) is 3.60. The van der Waals surface area contributed by atoms with Gasteiger partial charge in [-0.3, -0.25) is 14.4 Å². The summed E-state index contributed by atoms with van der Waals surface area (Å²) < 4.78 is 13.7. The second-order valence-electron chi connectivity index (χ2n) is 6.70. The van der Waals surface area contributed by atoms with Crippen LogP contribution >= 0.6 is 11.8 Å². The van der Waals surface area contributed by atoms with E-state index in [1.54, 1.807) is 58.0 Å². The number of thioether (sulfide) groups is 1. The second kappa shape index (κ2) is 7.63. The van der Waals surface area contributed by atoms with Gasteiger partial charge in [-0.15, -0.1) is 11.8 Å². The van der Waals surface area contributed by atoms with Crippen LogP contribution < -0.4 is 5.32 Å². The lowest BCUT2D eigenvalue weighted by Gasteiger charge is -2.35. The van der Waals surface area contributed by atoms with Crippen LogP contribution in [-0.2, 0) is 16.1 Å². The number of benzene rings is 2. The fourth-order valence-electron chi connectivity index (χ4n) is 3.31. The third-order valence-electron chi connectivity index (χ3n) is 4.84. The first-order valence-corrected chi connectivity index (χ1v) is 9.99. The molecule has 1 N–H and O–H groups in total. The molecule has 2 aromatic rings. The van der Waals surface area contributed by atoms with Crippen LogP contribution in [0.2, 0.25) is 0 Å². The van der Waals surface area contributed by atoms with E-state index < -0.39 is 11.7 Å². The van der Waals surface area contributed by atoms with Crippen molar-refractivity contribution in [1.29, 1.82) is 0 Å². The lowest BCUT2D eigenvalue weighted by atomic mass is 10.1. The Morgan fingerprint density at radius 3 is 2.64 bits per heavy atom. The minimum Gasteiger partial charge on any atom is -0.327 e. The maximum Gasteiger partial charge on any atom is 0.255 e. The van der Waals surface area contributed by atoms with Gasteiger partial charge in [-0.1, -0.05) is 24.3 Å². The van der Waals surface area contributed by atoms with Crippen molar-refractivity contribution in [2.45, 2.75) is 12.6 Å². The van der Waals surface area contributed by atoms with Gasteiger partial charge in [-0.2, -0.15) is 0 Å². The molecule has 144 valence electrons. The van der Waals surface area contributed by atoms with E-state index in [4.69, 9.17) is 0 Å². The normalized spacial score (nSPS) is 19.0. The molecule has 0 spiro atoms. The number of anilines is 1. The lowest BCUT2D eigenvalue weighted by Crippen LogP contribution is -2.57. The van der Waals surface area contributed by atoms with Crippen molar-refractivity contribution in [3.05, 3.63) is 65.5 Å². The fourth-order valence-corrected chi connectivity index (χ4v) is 4.48. The van der Waals surface area contributed by atoms with E-state index >= 15 is 0 Å². The number of carbonyl (C=O) groups excluding carboxylic acids is 3. The molecule has 4 rings (SSSR count). The Kier molecular flexibility index (Phi) is 5.04. The molecule has 0 radical (unpaired) electrons. The largest absolute Gasteiger partial charge is 0.327 e. The van der Waals surface area contributed by atoms with Gasteiger partial charge in [0.05, 0.1) is 11.6 Å². The average molecular weight is 399 g/mol. The molecule has 8 heteroatoms. The van der Waals surface area contributed by atoms with Crippen LogP contribution in [0.15, 0.2) is 48.5 Å².